The molecule has 3 rings (SSSR count). The number of hydrogen-bond acceptors (Lipinski definition) is 6. The van der Waals surface area contributed by atoms with Crippen LogP contribution in [0.5, 0.6) is 0 Å². The van der Waals surface area contributed by atoms with Gasteiger partial charge in [-0.25, -0.2) is 4.79 Å². The van der Waals surface area contributed by atoms with E-state index in [-0.39, 0.29) is 17.9 Å². The maximum Gasteiger partial charge on any atom is 0.339 e. The smallest absolute Gasteiger partial charge is 0.339 e. The minimum absolute atomic E-state index is 0.0264. The largest absolute Gasteiger partial charge is 0.458 e. The molecule has 2 aliphatic rings. The maximum absolute atomic E-state index is 13.0. The van der Waals surface area contributed by atoms with Gasteiger partial charge < -0.3 is 14.8 Å². The summed E-state index contributed by atoms with van der Waals surface area (Å²) in [6, 6.07) is 6.59. The number of nitriles is 1. The number of carbonyl (C=O) groups is 2. The van der Waals surface area contributed by atoms with Crippen molar-refractivity contribution in [2.45, 2.75) is 12.3 Å². The van der Waals surface area contributed by atoms with Crippen molar-refractivity contribution in [3.8, 4) is 6.07 Å². The third-order valence-electron chi connectivity index (χ3n) is 4.38. The zero-order valence-electron chi connectivity index (χ0n) is 13.8. The van der Waals surface area contributed by atoms with Crippen LogP contribution in [0.1, 0.15) is 12.5 Å². The molecule has 1 spiro atoms. The molecule has 132 valence electrons. The molecule has 0 saturated heterocycles. The van der Waals surface area contributed by atoms with Crippen molar-refractivity contribution in [2.75, 3.05) is 11.9 Å². The Morgan fingerprint density at radius 2 is 2.35 bits per heavy atom. The second-order valence-corrected chi connectivity index (χ2v) is 6.24. The summed E-state index contributed by atoms with van der Waals surface area (Å²) in [4.78, 5) is 25.8. The zero-order valence-corrected chi connectivity index (χ0v) is 14.5. The van der Waals surface area contributed by atoms with E-state index < -0.39 is 29.1 Å². The monoisotopic (exact) mass is 371 g/mol. The average Bonchev–Trinajstić information content (AvgIpc) is 2.86. The van der Waals surface area contributed by atoms with E-state index >= 15 is 0 Å². The Balaban J connectivity index is 2.34. The molecule has 7 nitrogen and oxygen atoms in total. The molecule has 0 saturated carbocycles. The number of halogens is 1. The third kappa shape index (κ3) is 2.30. The van der Waals surface area contributed by atoms with Crippen LogP contribution in [0.25, 0.3) is 0 Å². The van der Waals surface area contributed by atoms with Crippen LogP contribution < -0.4 is 5.32 Å². The van der Waals surface area contributed by atoms with Crippen molar-refractivity contribution in [1.82, 2.24) is 0 Å². The minimum Gasteiger partial charge on any atom is -0.458 e. The molecule has 1 amide bonds. The van der Waals surface area contributed by atoms with Crippen LogP contribution in [-0.4, -0.2) is 24.4 Å². The number of rotatable bonds is 3. The van der Waals surface area contributed by atoms with Crippen molar-refractivity contribution in [3.05, 3.63) is 52.8 Å². The van der Waals surface area contributed by atoms with Crippen LogP contribution in [0.3, 0.4) is 0 Å². The highest BCUT2D eigenvalue weighted by molar-refractivity contribution is 6.31. The summed E-state index contributed by atoms with van der Waals surface area (Å²) < 4.78 is 10.4. The molecule has 26 heavy (non-hydrogen) atoms. The lowest BCUT2D eigenvalue weighted by Gasteiger charge is -2.37. The molecule has 0 fully saturated rings. The predicted molar refractivity (Wildman–Crippen MR) is 93.5 cm³/mol. The van der Waals surface area contributed by atoms with E-state index in [1.807, 2.05) is 6.07 Å². The fourth-order valence-corrected chi connectivity index (χ4v) is 3.56. The summed E-state index contributed by atoms with van der Waals surface area (Å²) in [7, 11) is 0. The standard InChI is InChI=1S/C18H14ClN3O4/c1-3-6-25-16(23)14-9(2)26-15(21)12(8-20)18(14)11-7-10(19)4-5-13(11)22-17(18)24/h3-5,7,12,21H,1,6H2,2H3,(H,22,24). The van der Waals surface area contributed by atoms with Gasteiger partial charge in [-0.05, 0) is 30.7 Å². The van der Waals surface area contributed by atoms with E-state index in [1.54, 1.807) is 12.1 Å². The zero-order chi connectivity index (χ0) is 19.1. The van der Waals surface area contributed by atoms with Crippen molar-refractivity contribution in [3.63, 3.8) is 0 Å². The molecule has 2 aliphatic heterocycles. The minimum atomic E-state index is -1.77. The molecule has 8 heteroatoms. The van der Waals surface area contributed by atoms with E-state index in [2.05, 4.69) is 11.9 Å². The van der Waals surface area contributed by atoms with E-state index in [0.717, 1.165) is 0 Å². The molecule has 0 aliphatic carbocycles. The summed E-state index contributed by atoms with van der Waals surface area (Å²) in [5.74, 6) is -3.18. The fourth-order valence-electron chi connectivity index (χ4n) is 3.39. The van der Waals surface area contributed by atoms with Gasteiger partial charge in [0.2, 0.25) is 11.8 Å². The van der Waals surface area contributed by atoms with E-state index in [4.69, 9.17) is 26.5 Å². The van der Waals surface area contributed by atoms with Crippen LogP contribution in [-0.2, 0) is 24.5 Å². The lowest BCUT2D eigenvalue weighted by molar-refractivity contribution is -0.140. The maximum atomic E-state index is 13.0. The highest BCUT2D eigenvalue weighted by Crippen LogP contribution is 2.52. The van der Waals surface area contributed by atoms with Gasteiger partial charge in [0.15, 0.2) is 0 Å². The van der Waals surface area contributed by atoms with E-state index in [1.165, 1.54) is 19.1 Å². The summed E-state index contributed by atoms with van der Waals surface area (Å²) in [6.07, 6.45) is 1.38. The molecular weight excluding hydrogens is 358 g/mol. The van der Waals surface area contributed by atoms with Gasteiger partial charge in [0.25, 0.3) is 0 Å². The Kier molecular flexibility index (Phi) is 4.30. The molecule has 0 bridgehead atoms. The van der Waals surface area contributed by atoms with Gasteiger partial charge in [-0.2, -0.15) is 5.26 Å². The van der Waals surface area contributed by atoms with Gasteiger partial charge >= 0.3 is 5.97 Å². The molecule has 1 aromatic carbocycles. The third-order valence-corrected chi connectivity index (χ3v) is 4.62. The Morgan fingerprint density at radius 1 is 1.62 bits per heavy atom. The number of ether oxygens (including phenoxy) is 2. The van der Waals surface area contributed by atoms with Gasteiger partial charge in [-0.3, -0.25) is 10.2 Å². The first-order valence-corrected chi connectivity index (χ1v) is 8.02. The van der Waals surface area contributed by atoms with Crippen LogP contribution in [0.4, 0.5) is 5.69 Å². The Hall–Kier alpha value is -3.11. The molecule has 1 aromatic rings. The Labute approximate surface area is 154 Å². The predicted octanol–water partition coefficient (Wildman–Crippen LogP) is 2.68. The number of hydrogen-bond donors (Lipinski definition) is 2. The van der Waals surface area contributed by atoms with Gasteiger partial charge in [0.05, 0.1) is 11.6 Å². The highest BCUT2D eigenvalue weighted by Gasteiger charge is 2.62. The average molecular weight is 372 g/mol. The van der Waals surface area contributed by atoms with E-state index in [0.29, 0.717) is 16.3 Å². The normalized spacial score (nSPS) is 23.8. The highest BCUT2D eigenvalue weighted by atomic mass is 35.5. The number of nitrogens with one attached hydrogen (secondary N) is 2. The number of benzene rings is 1. The molecule has 2 unspecified atom stereocenters. The number of anilines is 1. The second-order valence-electron chi connectivity index (χ2n) is 5.80. The van der Waals surface area contributed by atoms with Crippen LogP contribution >= 0.6 is 11.6 Å². The van der Waals surface area contributed by atoms with Crippen LogP contribution in [0, 0.1) is 22.7 Å². The summed E-state index contributed by atoms with van der Waals surface area (Å²) in [5.41, 5.74) is -1.15. The SMILES string of the molecule is C=CCOC(=O)C1=C(C)OC(=N)C(C#N)C12C(=O)Nc1ccc(Cl)cc12. The number of amides is 1. The van der Waals surface area contributed by atoms with Crippen molar-refractivity contribution >= 4 is 35.1 Å². The number of allylic oxidation sites excluding steroid dienone is 1. The number of nitrogens with zero attached hydrogens (tertiary/aromatic N) is 1. The van der Waals surface area contributed by atoms with Gasteiger partial charge in [-0.1, -0.05) is 24.3 Å². The first kappa shape index (κ1) is 17.7. The topological polar surface area (TPSA) is 112 Å². The summed E-state index contributed by atoms with van der Waals surface area (Å²) in [6.45, 7) is 4.85. The molecule has 0 radical (unpaired) electrons. The second kappa shape index (κ2) is 6.32. The number of carbonyl (C=O) groups excluding carboxylic acids is 2. The molecule has 0 aromatic heterocycles. The van der Waals surface area contributed by atoms with Crippen molar-refractivity contribution in [2.24, 2.45) is 5.92 Å². The van der Waals surface area contributed by atoms with Crippen LogP contribution in [0.2, 0.25) is 5.02 Å². The number of esters is 1. The number of fused-ring (bicyclic) bond motifs is 2. The Bertz CT molecular complexity index is 931. The fraction of sp³-hybridized carbons (Fsp3) is 0.222. The lowest BCUT2D eigenvalue weighted by atomic mass is 9.64. The first-order chi connectivity index (χ1) is 12.4. The quantitative estimate of drug-likeness (QED) is 0.626. The summed E-state index contributed by atoms with van der Waals surface area (Å²) >= 11 is 6.10. The van der Waals surface area contributed by atoms with E-state index in [9.17, 15) is 14.9 Å². The Morgan fingerprint density at radius 3 is 3.00 bits per heavy atom. The van der Waals surface area contributed by atoms with Crippen LogP contribution in [0.15, 0.2) is 42.2 Å². The van der Waals surface area contributed by atoms with Gasteiger partial charge in [0, 0.05) is 10.7 Å². The molecular formula is C18H14ClN3O4. The molecule has 2 heterocycles. The molecule has 2 N–H and O–H groups in total. The van der Waals surface area contributed by atoms with Crippen molar-refractivity contribution < 1.29 is 19.1 Å². The molecule has 2 atom stereocenters. The van der Waals surface area contributed by atoms with Gasteiger partial charge in [0.1, 0.15) is 23.7 Å². The lowest BCUT2D eigenvalue weighted by Crippen LogP contribution is -2.52. The van der Waals surface area contributed by atoms with Crippen molar-refractivity contribution in [1.29, 1.82) is 10.7 Å². The first-order valence-electron chi connectivity index (χ1n) is 7.64. The van der Waals surface area contributed by atoms with Gasteiger partial charge in [-0.15, -0.1) is 0 Å². The summed E-state index contributed by atoms with van der Waals surface area (Å²) in [5, 5.41) is 20.7.